The summed E-state index contributed by atoms with van der Waals surface area (Å²) in [6.07, 6.45) is 2.77. The number of halogens is 1. The molecule has 6 heteroatoms. The molecule has 0 radical (unpaired) electrons. The molecule has 0 bridgehead atoms. The number of nitrogens with two attached hydrogens (primary N) is 1. The molecule has 0 aromatic carbocycles. The summed E-state index contributed by atoms with van der Waals surface area (Å²) in [6, 6.07) is 0. The Morgan fingerprint density at radius 3 is 3.00 bits per heavy atom. The largest absolute Gasteiger partial charge is 0.370 e. The number of carbonyl (C=O) groups excluding carboxylic acids is 1. The van der Waals surface area contributed by atoms with Gasteiger partial charge in [0.15, 0.2) is 0 Å². The van der Waals surface area contributed by atoms with Gasteiger partial charge in [-0.25, -0.2) is 4.98 Å². The summed E-state index contributed by atoms with van der Waals surface area (Å²) in [5, 5.41) is 3.78. The fraction of sp³-hybridized carbons (Fsp3) is 0.556. The molecule has 1 heterocycles. The Hall–Kier alpha value is -1.07. The Kier molecular flexibility index (Phi) is 4.58. The van der Waals surface area contributed by atoms with Crippen LogP contribution >= 0.6 is 11.6 Å². The van der Waals surface area contributed by atoms with Crippen molar-refractivity contribution in [1.82, 2.24) is 14.9 Å². The van der Waals surface area contributed by atoms with Crippen LogP contribution in [0, 0.1) is 0 Å². The van der Waals surface area contributed by atoms with E-state index >= 15 is 0 Å². The maximum absolute atomic E-state index is 10.5. The predicted octanol–water partition coefficient (Wildman–Crippen LogP) is 0.429. The third kappa shape index (κ3) is 3.89. The second-order valence-corrected chi connectivity index (χ2v) is 3.69. The van der Waals surface area contributed by atoms with Crippen LogP contribution in [-0.4, -0.2) is 22.0 Å². The molecule has 0 aliphatic rings. The Bertz CT molecular complexity index is 337. The van der Waals surface area contributed by atoms with Gasteiger partial charge >= 0.3 is 0 Å². The van der Waals surface area contributed by atoms with Crippen molar-refractivity contribution >= 4 is 17.5 Å². The van der Waals surface area contributed by atoms with Crippen molar-refractivity contribution in [3.63, 3.8) is 0 Å². The Labute approximate surface area is 93.6 Å². The van der Waals surface area contributed by atoms with Crippen molar-refractivity contribution in [2.24, 2.45) is 12.8 Å². The average molecular weight is 231 g/mol. The number of carbonyl (C=O) groups is 1. The number of nitrogens with one attached hydrogen (secondary N) is 1. The molecule has 5 nitrogen and oxygen atoms in total. The van der Waals surface area contributed by atoms with Gasteiger partial charge in [-0.05, 0) is 13.0 Å². The van der Waals surface area contributed by atoms with Crippen molar-refractivity contribution < 1.29 is 4.79 Å². The second kappa shape index (κ2) is 5.72. The van der Waals surface area contributed by atoms with Crippen LogP contribution in [0.4, 0.5) is 0 Å². The summed E-state index contributed by atoms with van der Waals surface area (Å²) < 4.78 is 1.81. The molecule has 0 spiro atoms. The van der Waals surface area contributed by atoms with E-state index < -0.39 is 0 Å². The molecule has 1 aromatic rings. The lowest BCUT2D eigenvalue weighted by Gasteiger charge is -2.04. The van der Waals surface area contributed by atoms with Crippen molar-refractivity contribution in [2.45, 2.75) is 19.4 Å². The molecule has 15 heavy (non-hydrogen) atoms. The topological polar surface area (TPSA) is 72.9 Å². The minimum atomic E-state index is -0.267. The Balaban J connectivity index is 2.20. The number of hydrogen-bond acceptors (Lipinski definition) is 3. The predicted molar refractivity (Wildman–Crippen MR) is 58.4 cm³/mol. The molecule has 1 amide bonds. The van der Waals surface area contributed by atoms with E-state index in [4.69, 9.17) is 17.3 Å². The standard InChI is InChI=1S/C9H15ClN4O/c1-14-7(10)5-13-9(14)6-12-4-2-3-8(11)15/h5,12H,2-4,6H2,1H3,(H2,11,15). The Morgan fingerprint density at radius 2 is 2.47 bits per heavy atom. The third-order valence-corrected chi connectivity index (χ3v) is 2.44. The molecule has 0 unspecified atom stereocenters. The highest BCUT2D eigenvalue weighted by Gasteiger charge is 2.03. The van der Waals surface area contributed by atoms with E-state index in [1.807, 2.05) is 11.6 Å². The van der Waals surface area contributed by atoms with Crippen molar-refractivity contribution in [3.8, 4) is 0 Å². The molecular weight excluding hydrogens is 216 g/mol. The van der Waals surface area contributed by atoms with Gasteiger partial charge in [-0.1, -0.05) is 11.6 Å². The van der Waals surface area contributed by atoms with Gasteiger partial charge in [0.25, 0.3) is 0 Å². The summed E-state index contributed by atoms with van der Waals surface area (Å²) >= 11 is 5.82. The van der Waals surface area contributed by atoms with Gasteiger partial charge in [0.1, 0.15) is 11.0 Å². The molecule has 0 aliphatic carbocycles. The quantitative estimate of drug-likeness (QED) is 0.696. The molecule has 1 aromatic heterocycles. The van der Waals surface area contributed by atoms with E-state index in [0.717, 1.165) is 18.8 Å². The highest BCUT2D eigenvalue weighted by molar-refractivity contribution is 6.29. The Morgan fingerprint density at radius 1 is 1.73 bits per heavy atom. The lowest BCUT2D eigenvalue weighted by atomic mass is 10.3. The molecule has 0 fully saturated rings. The van der Waals surface area contributed by atoms with Gasteiger partial charge in [-0.15, -0.1) is 0 Å². The number of aromatic nitrogens is 2. The second-order valence-electron chi connectivity index (χ2n) is 3.30. The molecule has 84 valence electrons. The van der Waals surface area contributed by atoms with Crippen LogP contribution in [0.15, 0.2) is 6.20 Å². The van der Waals surface area contributed by atoms with Crippen molar-refractivity contribution in [1.29, 1.82) is 0 Å². The average Bonchev–Trinajstić information content (AvgIpc) is 2.48. The van der Waals surface area contributed by atoms with Crippen LogP contribution in [0.2, 0.25) is 5.15 Å². The maximum atomic E-state index is 10.5. The van der Waals surface area contributed by atoms with Crippen LogP contribution in [-0.2, 0) is 18.4 Å². The first-order valence-corrected chi connectivity index (χ1v) is 5.14. The van der Waals surface area contributed by atoms with Gasteiger partial charge in [0, 0.05) is 13.5 Å². The zero-order valence-electron chi connectivity index (χ0n) is 8.66. The fourth-order valence-corrected chi connectivity index (χ4v) is 1.32. The minimum absolute atomic E-state index is 0.267. The number of imidazole rings is 1. The molecule has 0 aliphatic heterocycles. The maximum Gasteiger partial charge on any atom is 0.217 e. The van der Waals surface area contributed by atoms with Crippen LogP contribution in [0.1, 0.15) is 18.7 Å². The summed E-state index contributed by atoms with van der Waals surface area (Å²) in [5.41, 5.74) is 5.01. The van der Waals surface area contributed by atoms with Gasteiger partial charge < -0.3 is 15.6 Å². The monoisotopic (exact) mass is 230 g/mol. The molecule has 0 saturated carbocycles. The first kappa shape index (κ1) is 12.0. The smallest absolute Gasteiger partial charge is 0.217 e. The van der Waals surface area contributed by atoms with Gasteiger partial charge in [-0.2, -0.15) is 0 Å². The van der Waals surface area contributed by atoms with Crippen LogP contribution < -0.4 is 11.1 Å². The van der Waals surface area contributed by atoms with E-state index in [1.54, 1.807) is 6.20 Å². The molecule has 0 saturated heterocycles. The van der Waals surface area contributed by atoms with E-state index in [0.29, 0.717) is 18.1 Å². The summed E-state index contributed by atoms with van der Waals surface area (Å²) in [6.45, 7) is 1.38. The van der Waals surface area contributed by atoms with E-state index in [1.165, 1.54) is 0 Å². The van der Waals surface area contributed by atoms with Crippen LogP contribution in [0.25, 0.3) is 0 Å². The molecule has 0 atom stereocenters. The fourth-order valence-electron chi connectivity index (χ4n) is 1.18. The first-order valence-electron chi connectivity index (χ1n) is 4.76. The van der Waals surface area contributed by atoms with Crippen LogP contribution in [0.3, 0.4) is 0 Å². The SMILES string of the molecule is Cn1c(Cl)cnc1CNCCCC(N)=O. The van der Waals surface area contributed by atoms with Crippen molar-refractivity contribution in [2.75, 3.05) is 6.54 Å². The normalized spacial score (nSPS) is 10.5. The van der Waals surface area contributed by atoms with E-state index in [-0.39, 0.29) is 5.91 Å². The number of amides is 1. The number of hydrogen-bond donors (Lipinski definition) is 2. The first-order chi connectivity index (χ1) is 7.11. The summed E-state index contributed by atoms with van der Waals surface area (Å²) in [4.78, 5) is 14.6. The highest BCUT2D eigenvalue weighted by Crippen LogP contribution is 2.08. The molecule has 1 rings (SSSR count). The lowest BCUT2D eigenvalue weighted by Crippen LogP contribution is -2.19. The number of primary amides is 1. The third-order valence-electron chi connectivity index (χ3n) is 2.09. The number of nitrogens with zero attached hydrogens (tertiary/aromatic N) is 2. The van der Waals surface area contributed by atoms with Crippen LogP contribution in [0.5, 0.6) is 0 Å². The number of rotatable bonds is 6. The van der Waals surface area contributed by atoms with E-state index in [9.17, 15) is 4.79 Å². The lowest BCUT2D eigenvalue weighted by molar-refractivity contribution is -0.118. The summed E-state index contributed by atoms with van der Waals surface area (Å²) in [7, 11) is 1.86. The molecular formula is C9H15ClN4O. The van der Waals surface area contributed by atoms with E-state index in [2.05, 4.69) is 10.3 Å². The highest BCUT2D eigenvalue weighted by atomic mass is 35.5. The molecule has 3 N–H and O–H groups in total. The minimum Gasteiger partial charge on any atom is -0.370 e. The zero-order valence-corrected chi connectivity index (χ0v) is 9.42. The van der Waals surface area contributed by atoms with Gasteiger partial charge in [-0.3, -0.25) is 4.79 Å². The summed E-state index contributed by atoms with van der Waals surface area (Å²) in [5.74, 6) is 0.607. The van der Waals surface area contributed by atoms with Gasteiger partial charge in [0.05, 0.1) is 12.7 Å². The van der Waals surface area contributed by atoms with Crippen molar-refractivity contribution in [3.05, 3.63) is 17.2 Å². The van der Waals surface area contributed by atoms with Gasteiger partial charge in [0.2, 0.25) is 5.91 Å². The zero-order chi connectivity index (χ0) is 11.3.